The van der Waals surface area contributed by atoms with Crippen LogP contribution < -0.4 is 11.1 Å². The fourth-order valence-corrected chi connectivity index (χ4v) is 2.08. The topological polar surface area (TPSA) is 78.9 Å². The molecular formula is C13H17N3OS. The molecular weight excluding hydrogens is 246 g/mol. The summed E-state index contributed by atoms with van der Waals surface area (Å²) in [5.74, 6) is 1.14. The van der Waals surface area contributed by atoms with Gasteiger partial charge in [-0.1, -0.05) is 12.1 Å². The average Bonchev–Trinajstić information content (AvgIpc) is 2.31. The number of thioether (sulfide) groups is 1. The molecule has 0 fully saturated rings. The van der Waals surface area contributed by atoms with Crippen LogP contribution in [0.2, 0.25) is 0 Å². The molecule has 0 aliphatic heterocycles. The molecule has 0 bridgehead atoms. The van der Waals surface area contributed by atoms with Crippen LogP contribution in [0.4, 0.5) is 5.69 Å². The normalized spacial score (nSPS) is 11.6. The maximum Gasteiger partial charge on any atom is 0.234 e. The Morgan fingerprint density at radius 2 is 2.17 bits per heavy atom. The van der Waals surface area contributed by atoms with Crippen molar-refractivity contribution >= 4 is 23.4 Å². The van der Waals surface area contributed by atoms with E-state index in [1.165, 1.54) is 11.8 Å². The Kier molecular flexibility index (Phi) is 6.26. The van der Waals surface area contributed by atoms with Gasteiger partial charge in [-0.25, -0.2) is 0 Å². The lowest BCUT2D eigenvalue weighted by Gasteiger charge is -2.07. The Morgan fingerprint density at radius 3 is 2.72 bits per heavy atom. The third-order valence-corrected chi connectivity index (χ3v) is 3.36. The molecule has 1 aromatic carbocycles. The molecule has 18 heavy (non-hydrogen) atoms. The molecule has 1 aromatic rings. The lowest BCUT2D eigenvalue weighted by atomic mass is 10.1. The van der Waals surface area contributed by atoms with Gasteiger partial charge in [0.15, 0.2) is 0 Å². The number of nitrogens with one attached hydrogen (secondary N) is 1. The van der Waals surface area contributed by atoms with E-state index in [-0.39, 0.29) is 11.9 Å². The second kappa shape index (κ2) is 7.75. The minimum absolute atomic E-state index is 0.0336. The molecule has 0 aromatic heterocycles. The number of benzene rings is 1. The summed E-state index contributed by atoms with van der Waals surface area (Å²) >= 11 is 1.52. The third-order valence-electron chi connectivity index (χ3n) is 2.13. The highest BCUT2D eigenvalue weighted by molar-refractivity contribution is 8.00. The van der Waals surface area contributed by atoms with Gasteiger partial charge in [0, 0.05) is 17.5 Å². The summed E-state index contributed by atoms with van der Waals surface area (Å²) in [6.07, 6.45) is 0.387. The highest BCUT2D eigenvalue weighted by Crippen LogP contribution is 2.11. The summed E-state index contributed by atoms with van der Waals surface area (Å²) in [6, 6.07) is 9.48. The van der Waals surface area contributed by atoms with Crippen LogP contribution in [0.1, 0.15) is 12.5 Å². The summed E-state index contributed by atoms with van der Waals surface area (Å²) < 4.78 is 0. The van der Waals surface area contributed by atoms with Crippen LogP contribution in [-0.4, -0.2) is 23.5 Å². The zero-order chi connectivity index (χ0) is 13.4. The zero-order valence-electron chi connectivity index (χ0n) is 10.3. The van der Waals surface area contributed by atoms with Gasteiger partial charge in [-0.3, -0.25) is 4.79 Å². The molecule has 3 N–H and O–H groups in total. The van der Waals surface area contributed by atoms with Crippen LogP contribution in [0.25, 0.3) is 0 Å². The van der Waals surface area contributed by atoms with E-state index >= 15 is 0 Å². The molecule has 0 spiro atoms. The van der Waals surface area contributed by atoms with Gasteiger partial charge in [0.25, 0.3) is 0 Å². The first-order valence-corrected chi connectivity index (χ1v) is 6.86. The number of nitrogens with zero attached hydrogens (tertiary/aromatic N) is 1. The van der Waals surface area contributed by atoms with Crippen molar-refractivity contribution in [3.8, 4) is 6.07 Å². The van der Waals surface area contributed by atoms with Crippen molar-refractivity contribution in [3.63, 3.8) is 0 Å². The summed E-state index contributed by atoms with van der Waals surface area (Å²) in [7, 11) is 0. The third kappa shape index (κ3) is 5.71. The fourth-order valence-electron chi connectivity index (χ4n) is 1.33. The quantitative estimate of drug-likeness (QED) is 0.820. The minimum atomic E-state index is -0.0336. The van der Waals surface area contributed by atoms with Gasteiger partial charge in [0.1, 0.15) is 0 Å². The minimum Gasteiger partial charge on any atom is -0.327 e. The maximum absolute atomic E-state index is 11.6. The predicted molar refractivity (Wildman–Crippen MR) is 75.4 cm³/mol. The Hall–Kier alpha value is -1.51. The van der Waals surface area contributed by atoms with E-state index in [2.05, 4.69) is 11.4 Å². The van der Waals surface area contributed by atoms with Gasteiger partial charge in [-0.05, 0) is 24.6 Å². The number of amides is 1. The Balaban J connectivity index is 2.38. The smallest absolute Gasteiger partial charge is 0.234 e. The second-order valence-corrected chi connectivity index (χ2v) is 5.10. The SMILES string of the molecule is CC(N)CSCC(=O)Nc1ccc(CC#N)cc1. The number of rotatable bonds is 6. The van der Waals surface area contributed by atoms with E-state index in [0.29, 0.717) is 12.2 Å². The Bertz CT molecular complexity index is 423. The van der Waals surface area contributed by atoms with Crippen molar-refractivity contribution in [1.82, 2.24) is 0 Å². The van der Waals surface area contributed by atoms with Gasteiger partial charge in [-0.15, -0.1) is 0 Å². The largest absolute Gasteiger partial charge is 0.327 e. The average molecular weight is 263 g/mol. The molecule has 1 unspecified atom stereocenters. The zero-order valence-corrected chi connectivity index (χ0v) is 11.2. The van der Waals surface area contributed by atoms with E-state index in [1.54, 1.807) is 12.1 Å². The lowest BCUT2D eigenvalue weighted by molar-refractivity contribution is -0.113. The highest BCUT2D eigenvalue weighted by atomic mass is 32.2. The van der Waals surface area contributed by atoms with E-state index in [9.17, 15) is 4.79 Å². The molecule has 1 rings (SSSR count). The molecule has 0 heterocycles. The van der Waals surface area contributed by atoms with Gasteiger partial charge < -0.3 is 11.1 Å². The van der Waals surface area contributed by atoms with Gasteiger partial charge in [0.05, 0.1) is 18.2 Å². The molecule has 4 nitrogen and oxygen atoms in total. The van der Waals surface area contributed by atoms with Crippen molar-refractivity contribution in [1.29, 1.82) is 5.26 Å². The first-order valence-electron chi connectivity index (χ1n) is 5.71. The Morgan fingerprint density at radius 1 is 1.50 bits per heavy atom. The molecule has 96 valence electrons. The summed E-state index contributed by atoms with van der Waals surface area (Å²) in [6.45, 7) is 1.92. The molecule has 0 aliphatic rings. The van der Waals surface area contributed by atoms with E-state index in [4.69, 9.17) is 11.0 Å². The number of nitriles is 1. The number of anilines is 1. The molecule has 0 saturated carbocycles. The molecule has 0 saturated heterocycles. The maximum atomic E-state index is 11.6. The van der Waals surface area contributed by atoms with Crippen LogP contribution in [0.5, 0.6) is 0 Å². The van der Waals surface area contributed by atoms with Crippen LogP contribution in [0, 0.1) is 11.3 Å². The van der Waals surface area contributed by atoms with E-state index in [0.717, 1.165) is 17.0 Å². The fraction of sp³-hybridized carbons (Fsp3) is 0.385. The highest BCUT2D eigenvalue weighted by Gasteiger charge is 2.03. The molecule has 0 aliphatic carbocycles. The number of hydrogen-bond acceptors (Lipinski definition) is 4. The number of carbonyl (C=O) groups is 1. The van der Waals surface area contributed by atoms with Gasteiger partial charge >= 0.3 is 0 Å². The van der Waals surface area contributed by atoms with Crippen molar-refractivity contribution in [2.75, 3.05) is 16.8 Å². The second-order valence-electron chi connectivity index (χ2n) is 4.07. The van der Waals surface area contributed by atoms with Crippen LogP contribution >= 0.6 is 11.8 Å². The van der Waals surface area contributed by atoms with Crippen molar-refractivity contribution < 1.29 is 4.79 Å². The van der Waals surface area contributed by atoms with Crippen molar-refractivity contribution in [2.45, 2.75) is 19.4 Å². The monoisotopic (exact) mass is 263 g/mol. The molecule has 0 radical (unpaired) electrons. The number of carbonyl (C=O) groups excluding carboxylic acids is 1. The first-order chi connectivity index (χ1) is 8.61. The van der Waals surface area contributed by atoms with E-state index < -0.39 is 0 Å². The number of nitrogens with two attached hydrogens (primary N) is 1. The Labute approximate surface area is 112 Å². The standard InChI is InChI=1S/C13H17N3OS/c1-10(15)8-18-9-13(17)16-12-4-2-11(3-5-12)6-7-14/h2-5,10H,6,8-9,15H2,1H3,(H,16,17). The number of hydrogen-bond donors (Lipinski definition) is 2. The van der Waals surface area contributed by atoms with Crippen LogP contribution in [0.3, 0.4) is 0 Å². The lowest BCUT2D eigenvalue weighted by Crippen LogP contribution is -2.20. The summed E-state index contributed by atoms with van der Waals surface area (Å²) in [5, 5.41) is 11.3. The first kappa shape index (κ1) is 14.6. The van der Waals surface area contributed by atoms with Gasteiger partial charge in [-0.2, -0.15) is 17.0 Å². The van der Waals surface area contributed by atoms with E-state index in [1.807, 2.05) is 19.1 Å². The van der Waals surface area contributed by atoms with Crippen molar-refractivity contribution in [2.24, 2.45) is 5.73 Å². The van der Waals surface area contributed by atoms with Gasteiger partial charge in [0.2, 0.25) is 5.91 Å². The molecule has 5 heteroatoms. The summed E-state index contributed by atoms with van der Waals surface area (Å²) in [4.78, 5) is 11.6. The predicted octanol–water partition coefficient (Wildman–Crippen LogP) is 1.77. The molecule has 1 atom stereocenters. The van der Waals surface area contributed by atoms with Crippen LogP contribution in [-0.2, 0) is 11.2 Å². The summed E-state index contributed by atoms with van der Waals surface area (Å²) in [5.41, 5.74) is 7.30. The molecule has 1 amide bonds. The van der Waals surface area contributed by atoms with Crippen LogP contribution in [0.15, 0.2) is 24.3 Å². The van der Waals surface area contributed by atoms with Crippen molar-refractivity contribution in [3.05, 3.63) is 29.8 Å².